The van der Waals surface area contributed by atoms with Gasteiger partial charge in [0.25, 0.3) is 5.69 Å². The van der Waals surface area contributed by atoms with Gasteiger partial charge < -0.3 is 5.73 Å². The number of nitro benzene ring substituents is 1. The molecule has 1 aromatic rings. The van der Waals surface area contributed by atoms with Crippen molar-refractivity contribution in [1.82, 2.24) is 4.31 Å². The first-order valence-electron chi connectivity index (χ1n) is 6.75. The SMILES string of the molecule is Cc1c(Br)cc(S(=O)(=O)N2CCC(C)(CN)C2)cc1[N+](=O)[O-]. The highest BCUT2D eigenvalue weighted by Crippen LogP contribution is 2.35. The van der Waals surface area contributed by atoms with Crippen LogP contribution in [-0.4, -0.2) is 37.3 Å². The van der Waals surface area contributed by atoms with Gasteiger partial charge >= 0.3 is 0 Å². The monoisotopic (exact) mass is 391 g/mol. The number of hydrogen-bond donors (Lipinski definition) is 1. The predicted molar refractivity (Wildman–Crippen MR) is 86.1 cm³/mol. The van der Waals surface area contributed by atoms with Gasteiger partial charge in [0.05, 0.1) is 9.82 Å². The minimum atomic E-state index is -3.77. The Morgan fingerprint density at radius 2 is 2.14 bits per heavy atom. The first-order chi connectivity index (χ1) is 10.1. The predicted octanol–water partition coefficient (Wildman–Crippen LogP) is 2.03. The number of hydrogen-bond acceptors (Lipinski definition) is 5. The lowest BCUT2D eigenvalue weighted by atomic mass is 9.90. The van der Waals surface area contributed by atoms with Gasteiger partial charge in [-0.3, -0.25) is 10.1 Å². The summed E-state index contributed by atoms with van der Waals surface area (Å²) in [6.45, 7) is 4.60. The molecule has 1 saturated heterocycles. The van der Waals surface area contributed by atoms with Crippen molar-refractivity contribution in [3.63, 3.8) is 0 Å². The van der Waals surface area contributed by atoms with Gasteiger partial charge in [0, 0.05) is 29.2 Å². The second-order valence-corrected chi connectivity index (χ2v) is 8.70. The molecular formula is C13H18BrN3O4S. The van der Waals surface area contributed by atoms with Gasteiger partial charge in [-0.1, -0.05) is 22.9 Å². The lowest BCUT2D eigenvalue weighted by Crippen LogP contribution is -2.34. The molecular weight excluding hydrogens is 374 g/mol. The van der Waals surface area contributed by atoms with E-state index in [2.05, 4.69) is 15.9 Å². The molecule has 0 aromatic heterocycles. The Kier molecular flexibility index (Phi) is 4.63. The lowest BCUT2D eigenvalue weighted by Gasteiger charge is -2.22. The van der Waals surface area contributed by atoms with E-state index in [1.807, 2.05) is 6.92 Å². The summed E-state index contributed by atoms with van der Waals surface area (Å²) in [4.78, 5) is 10.4. The van der Waals surface area contributed by atoms with E-state index in [9.17, 15) is 18.5 Å². The molecule has 0 radical (unpaired) electrons. The van der Waals surface area contributed by atoms with Crippen LogP contribution in [0.3, 0.4) is 0 Å². The van der Waals surface area contributed by atoms with E-state index in [1.165, 1.54) is 10.4 Å². The number of nitrogens with zero attached hydrogens (tertiary/aromatic N) is 2. The van der Waals surface area contributed by atoms with Crippen molar-refractivity contribution >= 4 is 31.6 Å². The van der Waals surface area contributed by atoms with Gasteiger partial charge in [0.15, 0.2) is 0 Å². The summed E-state index contributed by atoms with van der Waals surface area (Å²) in [5, 5.41) is 11.1. The summed E-state index contributed by atoms with van der Waals surface area (Å²) in [5.74, 6) is 0. The third-order valence-electron chi connectivity index (χ3n) is 4.14. The Morgan fingerprint density at radius 3 is 2.64 bits per heavy atom. The van der Waals surface area contributed by atoms with E-state index >= 15 is 0 Å². The normalized spacial score (nSPS) is 22.9. The maximum atomic E-state index is 12.7. The highest BCUT2D eigenvalue weighted by atomic mass is 79.9. The fourth-order valence-electron chi connectivity index (χ4n) is 2.48. The Morgan fingerprint density at radius 1 is 1.50 bits per heavy atom. The molecule has 1 fully saturated rings. The van der Waals surface area contributed by atoms with Gasteiger partial charge in [-0.25, -0.2) is 8.42 Å². The highest BCUT2D eigenvalue weighted by Gasteiger charge is 2.39. The average Bonchev–Trinajstić information content (AvgIpc) is 2.85. The topological polar surface area (TPSA) is 107 Å². The van der Waals surface area contributed by atoms with E-state index in [4.69, 9.17) is 5.73 Å². The molecule has 2 N–H and O–H groups in total. The van der Waals surface area contributed by atoms with Crippen LogP contribution in [0.5, 0.6) is 0 Å². The fraction of sp³-hybridized carbons (Fsp3) is 0.538. The Hall–Kier alpha value is -1.03. The van der Waals surface area contributed by atoms with E-state index < -0.39 is 14.9 Å². The minimum Gasteiger partial charge on any atom is -0.330 e. The number of halogens is 1. The van der Waals surface area contributed by atoms with Crippen LogP contribution in [0.1, 0.15) is 18.9 Å². The van der Waals surface area contributed by atoms with Crippen LogP contribution in [0.15, 0.2) is 21.5 Å². The summed E-state index contributed by atoms with van der Waals surface area (Å²) in [5.41, 5.74) is 5.64. The molecule has 7 nitrogen and oxygen atoms in total. The molecule has 122 valence electrons. The zero-order valence-electron chi connectivity index (χ0n) is 12.4. The van der Waals surface area contributed by atoms with Gasteiger partial charge in [0.1, 0.15) is 0 Å². The third kappa shape index (κ3) is 3.03. The van der Waals surface area contributed by atoms with Crippen LogP contribution in [0.2, 0.25) is 0 Å². The van der Waals surface area contributed by atoms with Gasteiger partial charge in [0.2, 0.25) is 10.0 Å². The van der Waals surface area contributed by atoms with E-state index in [1.54, 1.807) is 6.92 Å². The molecule has 1 heterocycles. The summed E-state index contributed by atoms with van der Waals surface area (Å²) in [7, 11) is -3.77. The molecule has 1 aliphatic rings. The first-order valence-corrected chi connectivity index (χ1v) is 8.99. The number of benzene rings is 1. The van der Waals surface area contributed by atoms with Gasteiger partial charge in [-0.2, -0.15) is 4.31 Å². The number of rotatable bonds is 4. The Labute approximate surface area is 137 Å². The largest absolute Gasteiger partial charge is 0.330 e. The molecule has 9 heteroatoms. The molecule has 1 aromatic carbocycles. The molecule has 2 rings (SSSR count). The van der Waals surface area contributed by atoms with Crippen LogP contribution in [0.25, 0.3) is 0 Å². The van der Waals surface area contributed by atoms with E-state index in [-0.39, 0.29) is 16.0 Å². The zero-order valence-corrected chi connectivity index (χ0v) is 14.8. The van der Waals surface area contributed by atoms with Crippen molar-refractivity contribution in [2.24, 2.45) is 11.1 Å². The number of nitrogens with two attached hydrogens (primary N) is 1. The summed E-state index contributed by atoms with van der Waals surface area (Å²) in [6.07, 6.45) is 0.678. The molecule has 1 aliphatic heterocycles. The van der Waals surface area contributed by atoms with Gasteiger partial charge in [-0.05, 0) is 31.4 Å². The summed E-state index contributed by atoms with van der Waals surface area (Å²) < 4.78 is 27.2. The molecule has 1 unspecified atom stereocenters. The van der Waals surface area contributed by atoms with Crippen LogP contribution in [-0.2, 0) is 10.0 Å². The van der Waals surface area contributed by atoms with Crippen LogP contribution >= 0.6 is 15.9 Å². The molecule has 0 bridgehead atoms. The standard InChI is InChI=1S/C13H18BrN3O4S/c1-9-11(14)5-10(6-12(9)17(18)19)22(20,21)16-4-3-13(2,7-15)8-16/h5-6H,3-4,7-8,15H2,1-2H3. The van der Waals surface area contributed by atoms with Crippen molar-refractivity contribution < 1.29 is 13.3 Å². The lowest BCUT2D eigenvalue weighted by molar-refractivity contribution is -0.385. The highest BCUT2D eigenvalue weighted by molar-refractivity contribution is 9.10. The second kappa shape index (κ2) is 5.88. The summed E-state index contributed by atoms with van der Waals surface area (Å²) in [6, 6.07) is 2.53. The molecule has 0 spiro atoms. The number of nitro groups is 1. The average molecular weight is 392 g/mol. The zero-order chi connectivity index (χ0) is 16.7. The minimum absolute atomic E-state index is 0.0713. The molecule has 0 aliphatic carbocycles. The van der Waals surface area contributed by atoms with Crippen molar-refractivity contribution in [3.8, 4) is 0 Å². The van der Waals surface area contributed by atoms with Crippen molar-refractivity contribution in [2.75, 3.05) is 19.6 Å². The quantitative estimate of drug-likeness (QED) is 0.623. The fourth-order valence-corrected chi connectivity index (χ4v) is 4.72. The van der Waals surface area contributed by atoms with E-state index in [0.29, 0.717) is 36.1 Å². The maximum Gasteiger partial charge on any atom is 0.274 e. The molecule has 22 heavy (non-hydrogen) atoms. The smallest absolute Gasteiger partial charge is 0.274 e. The van der Waals surface area contributed by atoms with Crippen molar-refractivity contribution in [3.05, 3.63) is 32.3 Å². The van der Waals surface area contributed by atoms with Crippen molar-refractivity contribution in [2.45, 2.75) is 25.2 Å². The van der Waals surface area contributed by atoms with Crippen LogP contribution in [0.4, 0.5) is 5.69 Å². The van der Waals surface area contributed by atoms with Crippen LogP contribution < -0.4 is 5.73 Å². The van der Waals surface area contributed by atoms with Crippen molar-refractivity contribution in [1.29, 1.82) is 0 Å². The first kappa shape index (κ1) is 17.3. The van der Waals surface area contributed by atoms with Crippen LogP contribution in [0, 0.1) is 22.5 Å². The third-order valence-corrected chi connectivity index (χ3v) is 6.79. The second-order valence-electron chi connectivity index (χ2n) is 5.91. The molecule has 0 saturated carbocycles. The molecule has 0 amide bonds. The summed E-state index contributed by atoms with van der Waals surface area (Å²) >= 11 is 3.19. The van der Waals surface area contributed by atoms with Gasteiger partial charge in [-0.15, -0.1) is 0 Å². The Balaban J connectivity index is 2.45. The molecule has 1 atom stereocenters. The van der Waals surface area contributed by atoms with E-state index in [0.717, 1.165) is 6.07 Å². The number of sulfonamides is 1. The Bertz CT molecular complexity index is 722. The maximum absolute atomic E-state index is 12.7.